The molecule has 3 heterocycles. The summed E-state index contributed by atoms with van der Waals surface area (Å²) >= 11 is 0. The maximum Gasteiger partial charge on any atom is 0.0972 e. The Kier molecular flexibility index (Phi) is 6.86. The highest BCUT2D eigenvalue weighted by Gasteiger charge is 2.19. The lowest BCUT2D eigenvalue weighted by Crippen LogP contribution is -1.94. The third-order valence-corrected chi connectivity index (χ3v) is 10.8. The van der Waals surface area contributed by atoms with Gasteiger partial charge in [-0.25, -0.2) is 9.97 Å². The first kappa shape index (κ1) is 30.4. The van der Waals surface area contributed by atoms with Gasteiger partial charge in [0.05, 0.1) is 28.1 Å². The Morgan fingerprint density at radius 2 is 0.796 bits per heavy atom. The van der Waals surface area contributed by atoms with Gasteiger partial charge in [-0.2, -0.15) is 0 Å². The minimum Gasteiger partial charge on any atom is -0.254 e. The molecule has 11 rings (SSSR count). The lowest BCUT2D eigenvalue weighted by Gasteiger charge is -2.19. The van der Waals surface area contributed by atoms with Crippen LogP contribution in [0.3, 0.4) is 0 Å². The molecule has 11 aromatic rings. The maximum absolute atomic E-state index is 5.24. The van der Waals surface area contributed by atoms with E-state index in [4.69, 9.17) is 9.97 Å². The van der Waals surface area contributed by atoms with E-state index in [1.165, 1.54) is 65.3 Å². The zero-order chi connectivity index (χ0) is 35.6. The molecule has 0 N–H and O–H groups in total. The first-order chi connectivity index (χ1) is 26.7. The number of rotatable bonds is 4. The summed E-state index contributed by atoms with van der Waals surface area (Å²) in [5, 5.41) is 11.9. The standard InChI is InChI=1S/C51H31N3/c1-3-11-36-29-39(22-18-32(36)9-1)48-41-14-5-6-15-42(41)49(40-23-19-33-10-2-4-12-37(33)30-40)44-31-38(24-26-43(44)48)45-16-7-17-46(53-45)47-27-25-35-21-20-34-13-8-28-52-50(34)51(35)54-47/h1-31H. The van der Waals surface area contributed by atoms with E-state index in [1.54, 1.807) is 0 Å². The molecule has 54 heavy (non-hydrogen) atoms. The van der Waals surface area contributed by atoms with Crippen LogP contribution in [-0.4, -0.2) is 15.0 Å². The van der Waals surface area contributed by atoms with Gasteiger partial charge in [0.2, 0.25) is 0 Å². The predicted molar refractivity (Wildman–Crippen MR) is 227 cm³/mol. The van der Waals surface area contributed by atoms with Crippen LogP contribution in [0.5, 0.6) is 0 Å². The van der Waals surface area contributed by atoms with Gasteiger partial charge in [-0.15, -0.1) is 0 Å². The fraction of sp³-hybridized carbons (Fsp3) is 0. The zero-order valence-corrected chi connectivity index (χ0v) is 29.2. The van der Waals surface area contributed by atoms with Gasteiger partial charge >= 0.3 is 0 Å². The van der Waals surface area contributed by atoms with Crippen molar-refractivity contribution < 1.29 is 0 Å². The van der Waals surface area contributed by atoms with Crippen LogP contribution in [0.15, 0.2) is 188 Å². The first-order valence-electron chi connectivity index (χ1n) is 18.3. The van der Waals surface area contributed by atoms with Crippen molar-refractivity contribution in [2.45, 2.75) is 0 Å². The van der Waals surface area contributed by atoms with E-state index in [2.05, 4.69) is 175 Å². The van der Waals surface area contributed by atoms with Crippen LogP contribution in [-0.2, 0) is 0 Å². The van der Waals surface area contributed by atoms with E-state index in [-0.39, 0.29) is 0 Å². The Balaban J connectivity index is 1.15. The Bertz CT molecular complexity index is 3290. The largest absolute Gasteiger partial charge is 0.254 e. The van der Waals surface area contributed by atoms with Crippen molar-refractivity contribution in [3.05, 3.63) is 188 Å². The van der Waals surface area contributed by atoms with Crippen LogP contribution < -0.4 is 0 Å². The molecule has 0 fully saturated rings. The molecule has 3 aromatic heterocycles. The summed E-state index contributed by atoms with van der Waals surface area (Å²) in [4.78, 5) is 15.0. The topological polar surface area (TPSA) is 38.7 Å². The molecule has 0 bridgehead atoms. The summed E-state index contributed by atoms with van der Waals surface area (Å²) in [7, 11) is 0. The predicted octanol–water partition coefficient (Wildman–Crippen LogP) is 13.5. The molecule has 0 aliphatic carbocycles. The van der Waals surface area contributed by atoms with Crippen molar-refractivity contribution >= 4 is 64.9 Å². The number of aromatic nitrogens is 3. The number of benzene rings is 8. The van der Waals surface area contributed by atoms with Crippen LogP contribution in [0.1, 0.15) is 0 Å². The fourth-order valence-corrected chi connectivity index (χ4v) is 8.25. The molecule has 0 saturated heterocycles. The Hall–Kier alpha value is -7.23. The maximum atomic E-state index is 5.24. The highest BCUT2D eigenvalue weighted by Crippen LogP contribution is 2.45. The van der Waals surface area contributed by atoms with Gasteiger partial charge in [0.25, 0.3) is 0 Å². The van der Waals surface area contributed by atoms with Gasteiger partial charge in [-0.05, 0) is 108 Å². The molecule has 0 atom stereocenters. The highest BCUT2D eigenvalue weighted by atomic mass is 14.8. The second-order valence-electron chi connectivity index (χ2n) is 14.0. The van der Waals surface area contributed by atoms with E-state index in [9.17, 15) is 0 Å². The molecule has 3 nitrogen and oxygen atoms in total. The zero-order valence-electron chi connectivity index (χ0n) is 29.2. The molecule has 250 valence electrons. The number of nitrogens with zero attached hydrogens (tertiary/aromatic N) is 3. The summed E-state index contributed by atoms with van der Waals surface area (Å²) < 4.78 is 0. The first-order valence-corrected chi connectivity index (χ1v) is 18.3. The normalized spacial score (nSPS) is 11.7. The third-order valence-electron chi connectivity index (χ3n) is 10.8. The SMILES string of the molecule is c1cc(-c2ccc3c(-c4ccc5ccccc5c4)c4ccccc4c(-c4ccc5ccccc5c4)c3c2)nc(-c2ccc3ccc4cccnc4c3n2)c1. The fourth-order valence-electron chi connectivity index (χ4n) is 8.25. The molecule has 8 aromatic carbocycles. The van der Waals surface area contributed by atoms with Gasteiger partial charge in [0.1, 0.15) is 0 Å². The second-order valence-corrected chi connectivity index (χ2v) is 14.0. The molecule has 0 unspecified atom stereocenters. The molecule has 3 heteroatoms. The van der Waals surface area contributed by atoms with Gasteiger partial charge in [0.15, 0.2) is 0 Å². The lowest BCUT2D eigenvalue weighted by atomic mass is 9.84. The van der Waals surface area contributed by atoms with E-state index in [0.29, 0.717) is 0 Å². The number of pyridine rings is 3. The average Bonchev–Trinajstić information content (AvgIpc) is 3.24. The van der Waals surface area contributed by atoms with E-state index >= 15 is 0 Å². The quantitative estimate of drug-likeness (QED) is 0.137. The van der Waals surface area contributed by atoms with Crippen LogP contribution in [0.4, 0.5) is 0 Å². The van der Waals surface area contributed by atoms with Crippen molar-refractivity contribution in [2.75, 3.05) is 0 Å². The van der Waals surface area contributed by atoms with Crippen LogP contribution in [0.25, 0.3) is 110 Å². The minimum absolute atomic E-state index is 0.824. The van der Waals surface area contributed by atoms with E-state index in [0.717, 1.165) is 44.5 Å². The van der Waals surface area contributed by atoms with Gasteiger partial charge in [-0.3, -0.25) is 4.98 Å². The molecule has 0 aliphatic rings. The van der Waals surface area contributed by atoms with Crippen LogP contribution in [0.2, 0.25) is 0 Å². The molecular weight excluding hydrogens is 655 g/mol. The third kappa shape index (κ3) is 4.94. The number of hydrogen-bond donors (Lipinski definition) is 0. The number of fused-ring (bicyclic) bond motifs is 7. The summed E-state index contributed by atoms with van der Waals surface area (Å²) in [6.07, 6.45) is 1.83. The smallest absolute Gasteiger partial charge is 0.0972 e. The van der Waals surface area contributed by atoms with E-state index < -0.39 is 0 Å². The summed E-state index contributed by atoms with van der Waals surface area (Å²) in [6, 6.07) is 65.3. The van der Waals surface area contributed by atoms with Gasteiger partial charge in [0, 0.05) is 22.5 Å². The van der Waals surface area contributed by atoms with Crippen molar-refractivity contribution in [1.29, 1.82) is 0 Å². The monoisotopic (exact) mass is 685 g/mol. The minimum atomic E-state index is 0.824. The molecule has 0 amide bonds. The Morgan fingerprint density at radius 3 is 1.52 bits per heavy atom. The van der Waals surface area contributed by atoms with Crippen LogP contribution in [0, 0.1) is 0 Å². The average molecular weight is 686 g/mol. The second kappa shape index (κ2) is 12.2. The summed E-state index contributed by atoms with van der Waals surface area (Å²) in [5.41, 5.74) is 10.3. The molecular formula is C51H31N3. The Labute approximate surface area is 311 Å². The summed E-state index contributed by atoms with van der Waals surface area (Å²) in [5.74, 6) is 0. The van der Waals surface area contributed by atoms with Gasteiger partial charge < -0.3 is 0 Å². The van der Waals surface area contributed by atoms with Crippen molar-refractivity contribution in [3.8, 4) is 44.9 Å². The molecule has 0 spiro atoms. The number of hydrogen-bond acceptors (Lipinski definition) is 3. The van der Waals surface area contributed by atoms with Crippen molar-refractivity contribution in [1.82, 2.24) is 15.0 Å². The van der Waals surface area contributed by atoms with E-state index in [1.807, 2.05) is 18.3 Å². The van der Waals surface area contributed by atoms with Gasteiger partial charge in [-0.1, -0.05) is 140 Å². The Morgan fingerprint density at radius 1 is 0.278 bits per heavy atom. The highest BCUT2D eigenvalue weighted by molar-refractivity contribution is 6.22. The molecule has 0 saturated carbocycles. The molecule has 0 aliphatic heterocycles. The van der Waals surface area contributed by atoms with Crippen LogP contribution >= 0.6 is 0 Å². The molecule has 0 radical (unpaired) electrons. The van der Waals surface area contributed by atoms with Crippen molar-refractivity contribution in [3.63, 3.8) is 0 Å². The summed E-state index contributed by atoms with van der Waals surface area (Å²) in [6.45, 7) is 0. The van der Waals surface area contributed by atoms with Crippen molar-refractivity contribution in [2.24, 2.45) is 0 Å². The lowest BCUT2D eigenvalue weighted by molar-refractivity contribution is 1.28.